The van der Waals surface area contributed by atoms with Crippen molar-refractivity contribution in [1.82, 2.24) is 5.06 Å². The van der Waals surface area contributed by atoms with E-state index >= 15 is 0 Å². The number of carbonyl (C=O) groups is 1. The van der Waals surface area contributed by atoms with Gasteiger partial charge in [0.2, 0.25) is 0 Å². The van der Waals surface area contributed by atoms with Crippen molar-refractivity contribution in [3.8, 4) is 0 Å². The zero-order valence-corrected chi connectivity index (χ0v) is 16.0. The maximum absolute atomic E-state index is 11.4. The Hall–Kier alpha value is -0.810. The molecule has 26 heavy (non-hydrogen) atoms. The van der Waals surface area contributed by atoms with Gasteiger partial charge in [0.15, 0.2) is 6.29 Å². The summed E-state index contributed by atoms with van der Waals surface area (Å²) in [6.45, 7) is 8.51. The average Bonchev–Trinajstić information content (AvgIpc) is 2.50. The normalized spacial score (nSPS) is 38.1. The number of carbonyl (C=O) groups excluding carboxylic acids is 1. The van der Waals surface area contributed by atoms with Gasteiger partial charge in [-0.1, -0.05) is 0 Å². The first-order valence-electron chi connectivity index (χ1n) is 8.84. The molecule has 2 saturated heterocycles. The van der Waals surface area contributed by atoms with Crippen LogP contribution in [-0.4, -0.2) is 86.0 Å². The summed E-state index contributed by atoms with van der Waals surface area (Å²) < 4.78 is 11.3. The lowest BCUT2D eigenvalue weighted by atomic mass is 9.80. The number of hydroxylamine groups is 2. The Balaban J connectivity index is 2.12. The minimum Gasteiger partial charge on any atom is -0.394 e. The van der Waals surface area contributed by atoms with Crippen molar-refractivity contribution >= 4 is 5.97 Å². The summed E-state index contributed by atoms with van der Waals surface area (Å²) >= 11 is 0. The summed E-state index contributed by atoms with van der Waals surface area (Å²) in [4.78, 5) is 16.8. The molecule has 0 unspecified atom stereocenters. The average molecular weight is 377 g/mol. The fourth-order valence-corrected chi connectivity index (χ4v) is 4.01. The molecule has 0 aromatic heterocycles. The summed E-state index contributed by atoms with van der Waals surface area (Å²) in [6, 6.07) is 0. The SMILES string of the molecule is CC(=O)ON1C(C)(C)CC(O[C@H]2O[C@H](CO)[C@@H](O)[C@H](O)[C@H]2O)CC1(C)C. The molecule has 0 aliphatic carbocycles. The number of rotatable bonds is 4. The highest BCUT2D eigenvalue weighted by Crippen LogP contribution is 2.40. The number of hydrogen-bond donors (Lipinski definition) is 4. The van der Waals surface area contributed by atoms with Gasteiger partial charge in [0.05, 0.1) is 23.8 Å². The third-order valence-electron chi connectivity index (χ3n) is 4.95. The number of nitrogens with zero attached hydrogens (tertiary/aromatic N) is 1. The second kappa shape index (κ2) is 7.67. The van der Waals surface area contributed by atoms with E-state index in [2.05, 4.69) is 0 Å². The Labute approximate surface area is 153 Å². The molecule has 2 fully saturated rings. The van der Waals surface area contributed by atoms with E-state index in [1.807, 2.05) is 27.7 Å². The van der Waals surface area contributed by atoms with Gasteiger partial charge in [-0.2, -0.15) is 0 Å². The molecule has 2 rings (SSSR count). The first-order valence-corrected chi connectivity index (χ1v) is 8.84. The van der Waals surface area contributed by atoms with E-state index in [1.54, 1.807) is 5.06 Å². The molecular weight excluding hydrogens is 346 g/mol. The van der Waals surface area contributed by atoms with Crippen LogP contribution in [0.4, 0.5) is 0 Å². The highest BCUT2D eigenvalue weighted by molar-refractivity contribution is 5.65. The Morgan fingerprint density at radius 2 is 1.62 bits per heavy atom. The van der Waals surface area contributed by atoms with Gasteiger partial charge in [0.1, 0.15) is 24.4 Å². The van der Waals surface area contributed by atoms with Crippen LogP contribution >= 0.6 is 0 Å². The summed E-state index contributed by atoms with van der Waals surface area (Å²) in [5, 5.41) is 40.9. The zero-order chi connectivity index (χ0) is 19.9. The van der Waals surface area contributed by atoms with Gasteiger partial charge < -0.3 is 34.7 Å². The van der Waals surface area contributed by atoms with Crippen LogP contribution in [0.5, 0.6) is 0 Å². The van der Waals surface area contributed by atoms with Crippen molar-refractivity contribution < 1.29 is 39.5 Å². The molecule has 0 aromatic rings. The van der Waals surface area contributed by atoms with E-state index in [4.69, 9.17) is 14.3 Å². The van der Waals surface area contributed by atoms with Crippen LogP contribution in [-0.2, 0) is 19.1 Å². The molecule has 0 spiro atoms. The zero-order valence-electron chi connectivity index (χ0n) is 16.0. The predicted molar refractivity (Wildman–Crippen MR) is 89.6 cm³/mol. The van der Waals surface area contributed by atoms with E-state index in [0.717, 1.165) is 0 Å². The minimum absolute atomic E-state index is 0.353. The van der Waals surface area contributed by atoms with Crippen molar-refractivity contribution in [2.75, 3.05) is 6.61 Å². The van der Waals surface area contributed by atoms with Crippen LogP contribution in [0.3, 0.4) is 0 Å². The van der Waals surface area contributed by atoms with E-state index in [-0.39, 0.29) is 6.10 Å². The number of hydrogen-bond acceptors (Lipinski definition) is 9. The van der Waals surface area contributed by atoms with E-state index in [0.29, 0.717) is 12.8 Å². The quantitative estimate of drug-likeness (QED) is 0.503. The maximum Gasteiger partial charge on any atom is 0.322 e. The van der Waals surface area contributed by atoms with Gasteiger partial charge in [-0.3, -0.25) is 4.79 Å². The summed E-state index contributed by atoms with van der Waals surface area (Å²) in [7, 11) is 0. The molecule has 0 saturated carbocycles. The van der Waals surface area contributed by atoms with Crippen LogP contribution in [0.15, 0.2) is 0 Å². The fraction of sp³-hybridized carbons (Fsp3) is 0.941. The second-order valence-corrected chi connectivity index (χ2v) is 8.37. The largest absolute Gasteiger partial charge is 0.394 e. The smallest absolute Gasteiger partial charge is 0.322 e. The van der Waals surface area contributed by atoms with Crippen LogP contribution in [0.1, 0.15) is 47.5 Å². The summed E-state index contributed by atoms with van der Waals surface area (Å²) in [6.07, 6.45) is -5.92. The molecule has 2 aliphatic rings. The van der Waals surface area contributed by atoms with Crippen molar-refractivity contribution in [2.45, 2.75) is 95.3 Å². The molecule has 152 valence electrons. The third kappa shape index (κ3) is 4.36. The second-order valence-electron chi connectivity index (χ2n) is 8.37. The molecule has 2 aliphatic heterocycles. The van der Waals surface area contributed by atoms with Crippen LogP contribution in [0, 0.1) is 0 Å². The lowest BCUT2D eigenvalue weighted by Crippen LogP contribution is -2.64. The van der Waals surface area contributed by atoms with Crippen LogP contribution < -0.4 is 0 Å². The van der Waals surface area contributed by atoms with Gasteiger partial charge in [0, 0.05) is 6.92 Å². The molecule has 5 atom stereocenters. The number of aliphatic hydroxyl groups excluding tert-OH is 4. The predicted octanol–water partition coefficient (Wildman–Crippen LogP) is -0.697. The van der Waals surface area contributed by atoms with Gasteiger partial charge in [-0.25, -0.2) is 0 Å². The van der Waals surface area contributed by atoms with Crippen molar-refractivity contribution in [3.05, 3.63) is 0 Å². The van der Waals surface area contributed by atoms with Gasteiger partial charge in [-0.15, -0.1) is 5.06 Å². The summed E-state index contributed by atoms with van der Waals surface area (Å²) in [5.41, 5.74) is -1.07. The van der Waals surface area contributed by atoms with E-state index < -0.39 is 54.4 Å². The lowest BCUT2D eigenvalue weighted by Gasteiger charge is -2.53. The maximum atomic E-state index is 11.4. The Morgan fingerprint density at radius 3 is 2.08 bits per heavy atom. The molecule has 0 aromatic carbocycles. The molecule has 0 bridgehead atoms. The van der Waals surface area contributed by atoms with Crippen LogP contribution in [0.2, 0.25) is 0 Å². The standard InChI is InChI=1S/C17H31NO8/c1-9(20)26-18-16(2,3)6-10(7-17(18,4)5)24-15-14(23)13(22)12(21)11(8-19)25-15/h10-15,19,21-23H,6-8H2,1-5H3/t11-,12-,13+,14-,15+/m1/s1. The molecular formula is C17H31NO8. The molecule has 9 heteroatoms. The van der Waals surface area contributed by atoms with Gasteiger partial charge in [-0.05, 0) is 40.5 Å². The Kier molecular flexibility index (Phi) is 6.34. The monoisotopic (exact) mass is 377 g/mol. The molecule has 0 amide bonds. The lowest BCUT2D eigenvalue weighted by molar-refractivity contribution is -0.331. The first-order chi connectivity index (χ1) is 11.9. The van der Waals surface area contributed by atoms with Gasteiger partial charge in [0.25, 0.3) is 0 Å². The molecule has 0 radical (unpaired) electrons. The van der Waals surface area contributed by atoms with Crippen molar-refractivity contribution in [2.24, 2.45) is 0 Å². The van der Waals surface area contributed by atoms with Crippen LogP contribution in [0.25, 0.3) is 0 Å². The minimum atomic E-state index is -1.48. The van der Waals surface area contributed by atoms with E-state index in [9.17, 15) is 25.2 Å². The number of aliphatic hydroxyl groups is 4. The van der Waals surface area contributed by atoms with E-state index in [1.165, 1.54) is 6.92 Å². The van der Waals surface area contributed by atoms with Crippen molar-refractivity contribution in [3.63, 3.8) is 0 Å². The number of piperidine rings is 1. The third-order valence-corrected chi connectivity index (χ3v) is 4.95. The highest BCUT2D eigenvalue weighted by Gasteiger charge is 2.51. The topological polar surface area (TPSA) is 129 Å². The fourth-order valence-electron chi connectivity index (χ4n) is 4.01. The summed E-state index contributed by atoms with van der Waals surface area (Å²) in [5.74, 6) is -0.403. The molecule has 9 nitrogen and oxygen atoms in total. The molecule has 4 N–H and O–H groups in total. The molecule has 2 heterocycles. The Morgan fingerprint density at radius 1 is 1.08 bits per heavy atom. The van der Waals surface area contributed by atoms with Crippen molar-refractivity contribution in [1.29, 1.82) is 0 Å². The highest BCUT2D eigenvalue weighted by atomic mass is 16.7. The number of ether oxygens (including phenoxy) is 2. The van der Waals surface area contributed by atoms with Gasteiger partial charge >= 0.3 is 5.97 Å². The first kappa shape index (κ1) is 21.5. The Bertz CT molecular complexity index is 491.